The van der Waals surface area contributed by atoms with Crippen LogP contribution < -0.4 is 5.32 Å². The molecule has 1 saturated carbocycles. The summed E-state index contributed by atoms with van der Waals surface area (Å²) in [4.78, 5) is 25.0. The Balaban J connectivity index is 1.80. The number of amides is 2. The Labute approximate surface area is 132 Å². The number of ether oxygens (including phenoxy) is 1. The summed E-state index contributed by atoms with van der Waals surface area (Å²) in [6, 6.07) is 0.0332. The minimum Gasteiger partial charge on any atom is -0.481 e. The Bertz CT molecular complexity index is 428. The van der Waals surface area contributed by atoms with Crippen LogP contribution in [-0.2, 0) is 9.53 Å². The zero-order valence-corrected chi connectivity index (χ0v) is 14.0. The number of nitrogens with zero attached hydrogens (tertiary/aromatic N) is 1. The molecule has 2 amide bonds. The summed E-state index contributed by atoms with van der Waals surface area (Å²) in [6.07, 6.45) is 2.28. The largest absolute Gasteiger partial charge is 0.481 e. The highest BCUT2D eigenvalue weighted by atomic mass is 16.5. The lowest BCUT2D eigenvalue weighted by atomic mass is 9.64. The molecular formula is C16H28N2O4. The van der Waals surface area contributed by atoms with E-state index >= 15 is 0 Å². The molecule has 2 aliphatic rings. The molecular weight excluding hydrogens is 284 g/mol. The van der Waals surface area contributed by atoms with Gasteiger partial charge in [-0.25, -0.2) is 4.79 Å². The second-order valence-electron chi connectivity index (χ2n) is 7.33. The fourth-order valence-electron chi connectivity index (χ4n) is 3.26. The Kier molecular flexibility index (Phi) is 5.00. The van der Waals surface area contributed by atoms with Crippen molar-refractivity contribution in [2.45, 2.75) is 65.2 Å². The van der Waals surface area contributed by atoms with Crippen molar-refractivity contribution in [3.8, 4) is 0 Å². The number of carboxylic acid groups (broad SMARTS) is 1. The fourth-order valence-corrected chi connectivity index (χ4v) is 3.26. The summed E-state index contributed by atoms with van der Waals surface area (Å²) >= 11 is 0. The fraction of sp³-hybridized carbons (Fsp3) is 0.875. The molecule has 0 aromatic rings. The first-order chi connectivity index (χ1) is 10.2. The molecule has 2 atom stereocenters. The molecule has 0 spiro atoms. The van der Waals surface area contributed by atoms with E-state index in [0.29, 0.717) is 25.9 Å². The van der Waals surface area contributed by atoms with Gasteiger partial charge in [-0.05, 0) is 33.1 Å². The van der Waals surface area contributed by atoms with Crippen molar-refractivity contribution in [2.75, 3.05) is 13.1 Å². The highest BCUT2D eigenvalue weighted by molar-refractivity contribution is 5.76. The predicted molar refractivity (Wildman–Crippen MR) is 82.7 cm³/mol. The average molecular weight is 312 g/mol. The number of piperidine rings is 1. The SMILES string of the molecule is CC(C)OC1CC(NC(=O)N2CCC(C(=O)O)CC2)C1(C)C. The number of carboxylic acids is 1. The summed E-state index contributed by atoms with van der Waals surface area (Å²) in [7, 11) is 0. The normalized spacial score (nSPS) is 28.3. The Morgan fingerprint density at radius 3 is 2.32 bits per heavy atom. The van der Waals surface area contributed by atoms with E-state index in [9.17, 15) is 9.59 Å². The maximum absolute atomic E-state index is 12.3. The molecule has 2 rings (SSSR count). The van der Waals surface area contributed by atoms with Crippen LogP contribution in [0.5, 0.6) is 0 Å². The van der Waals surface area contributed by atoms with Crippen molar-refractivity contribution in [3.63, 3.8) is 0 Å². The van der Waals surface area contributed by atoms with Gasteiger partial charge in [0.15, 0.2) is 0 Å². The van der Waals surface area contributed by atoms with Crippen molar-refractivity contribution < 1.29 is 19.4 Å². The molecule has 2 fully saturated rings. The lowest BCUT2D eigenvalue weighted by molar-refractivity contribution is -0.143. The van der Waals surface area contributed by atoms with Gasteiger partial charge < -0.3 is 20.1 Å². The molecule has 0 aromatic carbocycles. The lowest BCUT2D eigenvalue weighted by Gasteiger charge is -2.52. The van der Waals surface area contributed by atoms with E-state index in [2.05, 4.69) is 19.2 Å². The van der Waals surface area contributed by atoms with E-state index in [4.69, 9.17) is 9.84 Å². The number of carbonyl (C=O) groups is 2. The topological polar surface area (TPSA) is 78.9 Å². The second kappa shape index (κ2) is 6.44. The second-order valence-corrected chi connectivity index (χ2v) is 7.33. The van der Waals surface area contributed by atoms with E-state index in [0.717, 1.165) is 6.42 Å². The summed E-state index contributed by atoms with van der Waals surface area (Å²) in [5.41, 5.74) is -0.0701. The van der Waals surface area contributed by atoms with E-state index in [-0.39, 0.29) is 35.6 Å². The smallest absolute Gasteiger partial charge is 0.317 e. The van der Waals surface area contributed by atoms with Gasteiger partial charge in [0.25, 0.3) is 0 Å². The molecule has 1 aliphatic heterocycles. The molecule has 1 heterocycles. The highest BCUT2D eigenvalue weighted by Gasteiger charge is 2.50. The zero-order valence-electron chi connectivity index (χ0n) is 14.0. The van der Waals surface area contributed by atoms with Crippen LogP contribution in [0.4, 0.5) is 4.79 Å². The van der Waals surface area contributed by atoms with Crippen LogP contribution >= 0.6 is 0 Å². The van der Waals surface area contributed by atoms with Gasteiger partial charge in [0.05, 0.1) is 18.1 Å². The van der Waals surface area contributed by atoms with Gasteiger partial charge in [-0.15, -0.1) is 0 Å². The van der Waals surface area contributed by atoms with Gasteiger partial charge in [0.2, 0.25) is 0 Å². The molecule has 0 aromatic heterocycles. The van der Waals surface area contributed by atoms with Crippen LogP contribution in [0.3, 0.4) is 0 Å². The first kappa shape index (κ1) is 17.1. The number of likely N-dealkylation sites (tertiary alicyclic amines) is 1. The highest BCUT2D eigenvalue weighted by Crippen LogP contribution is 2.43. The van der Waals surface area contributed by atoms with Crippen molar-refractivity contribution in [1.29, 1.82) is 0 Å². The van der Waals surface area contributed by atoms with Crippen molar-refractivity contribution in [3.05, 3.63) is 0 Å². The van der Waals surface area contributed by atoms with Gasteiger partial charge in [-0.1, -0.05) is 13.8 Å². The van der Waals surface area contributed by atoms with Gasteiger partial charge >= 0.3 is 12.0 Å². The van der Waals surface area contributed by atoms with E-state index < -0.39 is 5.97 Å². The summed E-state index contributed by atoms with van der Waals surface area (Å²) in [6.45, 7) is 9.31. The van der Waals surface area contributed by atoms with Crippen molar-refractivity contribution in [1.82, 2.24) is 10.2 Å². The average Bonchev–Trinajstić information content (AvgIpc) is 2.45. The van der Waals surface area contributed by atoms with Gasteiger partial charge in [-0.3, -0.25) is 4.79 Å². The first-order valence-electron chi connectivity index (χ1n) is 8.15. The van der Waals surface area contributed by atoms with Crippen molar-refractivity contribution in [2.24, 2.45) is 11.3 Å². The predicted octanol–water partition coefficient (Wildman–Crippen LogP) is 2.08. The molecule has 22 heavy (non-hydrogen) atoms. The maximum atomic E-state index is 12.3. The first-order valence-corrected chi connectivity index (χ1v) is 8.15. The van der Waals surface area contributed by atoms with Gasteiger partial charge in [0, 0.05) is 24.5 Å². The zero-order chi connectivity index (χ0) is 16.5. The number of rotatable bonds is 4. The molecule has 0 radical (unpaired) electrons. The Morgan fingerprint density at radius 2 is 1.86 bits per heavy atom. The Hall–Kier alpha value is -1.30. The van der Waals surface area contributed by atoms with E-state index in [1.165, 1.54) is 0 Å². The molecule has 1 aliphatic carbocycles. The lowest BCUT2D eigenvalue weighted by Crippen LogP contribution is -2.64. The minimum atomic E-state index is -0.756. The Morgan fingerprint density at radius 1 is 1.27 bits per heavy atom. The third kappa shape index (κ3) is 3.54. The van der Waals surface area contributed by atoms with E-state index in [1.807, 2.05) is 13.8 Å². The molecule has 126 valence electrons. The monoisotopic (exact) mass is 312 g/mol. The summed E-state index contributed by atoms with van der Waals surface area (Å²) in [5.74, 6) is -1.07. The molecule has 6 heteroatoms. The number of hydrogen-bond donors (Lipinski definition) is 2. The molecule has 6 nitrogen and oxygen atoms in total. The number of nitrogens with one attached hydrogen (secondary N) is 1. The van der Waals surface area contributed by atoms with Crippen LogP contribution in [0.15, 0.2) is 0 Å². The summed E-state index contributed by atoms with van der Waals surface area (Å²) < 4.78 is 5.87. The molecule has 1 saturated heterocycles. The molecule has 2 N–H and O–H groups in total. The van der Waals surface area contributed by atoms with Crippen LogP contribution in [0, 0.1) is 11.3 Å². The standard InChI is InChI=1S/C16H28N2O4/c1-10(2)22-13-9-12(16(13,3)4)17-15(21)18-7-5-11(6-8-18)14(19)20/h10-13H,5-9H2,1-4H3,(H,17,21)(H,19,20). The molecule has 0 bridgehead atoms. The maximum Gasteiger partial charge on any atom is 0.317 e. The molecule has 2 unspecified atom stereocenters. The minimum absolute atomic E-state index is 0.0701. The number of urea groups is 1. The summed E-state index contributed by atoms with van der Waals surface area (Å²) in [5, 5.41) is 12.1. The quantitative estimate of drug-likeness (QED) is 0.833. The number of hydrogen-bond acceptors (Lipinski definition) is 3. The van der Waals surface area contributed by atoms with Gasteiger partial charge in [0.1, 0.15) is 0 Å². The van der Waals surface area contributed by atoms with E-state index in [1.54, 1.807) is 4.90 Å². The van der Waals surface area contributed by atoms with Crippen LogP contribution in [0.1, 0.15) is 47.0 Å². The van der Waals surface area contributed by atoms with Crippen LogP contribution in [0.25, 0.3) is 0 Å². The third-order valence-electron chi connectivity index (χ3n) is 5.04. The van der Waals surface area contributed by atoms with Crippen LogP contribution in [-0.4, -0.2) is 53.3 Å². The van der Waals surface area contributed by atoms with Crippen molar-refractivity contribution >= 4 is 12.0 Å². The number of aliphatic carboxylic acids is 1. The van der Waals surface area contributed by atoms with Crippen LogP contribution in [0.2, 0.25) is 0 Å². The van der Waals surface area contributed by atoms with Gasteiger partial charge in [-0.2, -0.15) is 0 Å². The third-order valence-corrected chi connectivity index (χ3v) is 5.04. The number of carbonyl (C=O) groups excluding carboxylic acids is 1.